The summed E-state index contributed by atoms with van der Waals surface area (Å²) < 4.78 is 10.4. The SMILES string of the molecule is COc1ccc(C(=O)N(C)CCc2cccs2)cc1OC. The second kappa shape index (κ2) is 7.13. The van der Waals surface area contributed by atoms with Crippen molar-refractivity contribution in [3.63, 3.8) is 0 Å². The molecule has 1 heterocycles. The van der Waals surface area contributed by atoms with Crippen molar-refractivity contribution >= 4 is 17.2 Å². The topological polar surface area (TPSA) is 38.8 Å². The first kappa shape index (κ1) is 15.4. The fraction of sp³-hybridized carbons (Fsp3) is 0.312. The lowest BCUT2D eigenvalue weighted by atomic mass is 10.1. The van der Waals surface area contributed by atoms with E-state index in [0.717, 1.165) is 6.42 Å². The summed E-state index contributed by atoms with van der Waals surface area (Å²) in [5, 5.41) is 2.05. The molecule has 0 aliphatic rings. The van der Waals surface area contributed by atoms with Crippen LogP contribution in [0.2, 0.25) is 0 Å². The zero-order valence-corrected chi connectivity index (χ0v) is 13.3. The molecule has 0 bridgehead atoms. The first-order valence-electron chi connectivity index (χ1n) is 6.65. The molecule has 0 radical (unpaired) electrons. The van der Waals surface area contributed by atoms with Gasteiger partial charge in [0.15, 0.2) is 11.5 Å². The van der Waals surface area contributed by atoms with E-state index in [0.29, 0.717) is 23.6 Å². The van der Waals surface area contributed by atoms with Crippen LogP contribution in [0.25, 0.3) is 0 Å². The van der Waals surface area contributed by atoms with Gasteiger partial charge in [-0.05, 0) is 36.1 Å². The van der Waals surface area contributed by atoms with Gasteiger partial charge in [-0.1, -0.05) is 6.07 Å². The van der Waals surface area contributed by atoms with Crippen molar-refractivity contribution in [1.82, 2.24) is 4.90 Å². The van der Waals surface area contributed by atoms with Crippen molar-refractivity contribution in [1.29, 1.82) is 0 Å². The lowest BCUT2D eigenvalue weighted by Crippen LogP contribution is -2.28. The van der Waals surface area contributed by atoms with Gasteiger partial charge in [0, 0.05) is 24.0 Å². The highest BCUT2D eigenvalue weighted by Crippen LogP contribution is 2.28. The lowest BCUT2D eigenvalue weighted by molar-refractivity contribution is 0.0796. The second-order valence-electron chi connectivity index (χ2n) is 4.63. The Kier molecular flexibility index (Phi) is 5.22. The van der Waals surface area contributed by atoms with Crippen LogP contribution in [0.1, 0.15) is 15.2 Å². The Morgan fingerprint density at radius 3 is 2.57 bits per heavy atom. The highest BCUT2D eigenvalue weighted by atomic mass is 32.1. The molecular weight excluding hydrogens is 286 g/mol. The monoisotopic (exact) mass is 305 g/mol. The predicted octanol–water partition coefficient (Wildman–Crippen LogP) is 3.08. The van der Waals surface area contributed by atoms with E-state index in [1.807, 2.05) is 18.5 Å². The Hall–Kier alpha value is -2.01. The number of likely N-dealkylation sites (N-methyl/N-ethyl adjacent to an activating group) is 1. The van der Waals surface area contributed by atoms with E-state index < -0.39 is 0 Å². The molecule has 0 N–H and O–H groups in total. The van der Waals surface area contributed by atoms with Gasteiger partial charge in [-0.3, -0.25) is 4.79 Å². The summed E-state index contributed by atoms with van der Waals surface area (Å²) in [5.74, 6) is 1.16. The summed E-state index contributed by atoms with van der Waals surface area (Å²) in [7, 11) is 4.95. The predicted molar refractivity (Wildman–Crippen MR) is 84.5 cm³/mol. The first-order valence-corrected chi connectivity index (χ1v) is 7.53. The van der Waals surface area contributed by atoms with Gasteiger partial charge in [-0.15, -0.1) is 11.3 Å². The molecule has 0 saturated carbocycles. The molecule has 0 spiro atoms. The molecule has 0 aliphatic carbocycles. The van der Waals surface area contributed by atoms with Gasteiger partial charge < -0.3 is 14.4 Å². The summed E-state index contributed by atoms with van der Waals surface area (Å²) >= 11 is 1.71. The van der Waals surface area contributed by atoms with Crippen molar-refractivity contribution < 1.29 is 14.3 Å². The third-order valence-corrected chi connectivity index (χ3v) is 4.19. The van der Waals surface area contributed by atoms with Crippen LogP contribution < -0.4 is 9.47 Å². The minimum absolute atomic E-state index is 0.0208. The van der Waals surface area contributed by atoms with Crippen LogP contribution in [0, 0.1) is 0 Å². The number of methoxy groups -OCH3 is 2. The van der Waals surface area contributed by atoms with E-state index >= 15 is 0 Å². The third-order valence-electron chi connectivity index (χ3n) is 3.25. The van der Waals surface area contributed by atoms with Crippen LogP contribution in [0.15, 0.2) is 35.7 Å². The van der Waals surface area contributed by atoms with Gasteiger partial charge in [-0.2, -0.15) is 0 Å². The molecule has 5 heteroatoms. The Morgan fingerprint density at radius 1 is 1.19 bits per heavy atom. The quantitative estimate of drug-likeness (QED) is 0.823. The maximum absolute atomic E-state index is 12.4. The molecule has 1 aromatic carbocycles. The van der Waals surface area contributed by atoms with Crippen LogP contribution in [-0.2, 0) is 6.42 Å². The Morgan fingerprint density at radius 2 is 1.95 bits per heavy atom. The fourth-order valence-corrected chi connectivity index (χ4v) is 2.72. The molecule has 21 heavy (non-hydrogen) atoms. The highest BCUT2D eigenvalue weighted by molar-refractivity contribution is 7.09. The van der Waals surface area contributed by atoms with Crippen molar-refractivity contribution in [3.05, 3.63) is 46.2 Å². The molecule has 2 aromatic rings. The summed E-state index contributed by atoms with van der Waals surface area (Å²) in [6, 6.07) is 9.32. The maximum atomic E-state index is 12.4. The average molecular weight is 305 g/mol. The largest absolute Gasteiger partial charge is 0.493 e. The van der Waals surface area contributed by atoms with Crippen LogP contribution in [0.3, 0.4) is 0 Å². The molecule has 0 fully saturated rings. The number of rotatable bonds is 6. The second-order valence-corrected chi connectivity index (χ2v) is 5.66. The van der Waals surface area contributed by atoms with E-state index in [9.17, 15) is 4.79 Å². The van der Waals surface area contributed by atoms with Crippen LogP contribution in [0.4, 0.5) is 0 Å². The summed E-state index contributed by atoms with van der Waals surface area (Å²) in [4.78, 5) is 15.4. The number of ether oxygens (including phenoxy) is 2. The van der Waals surface area contributed by atoms with Crippen molar-refractivity contribution in [3.8, 4) is 11.5 Å². The summed E-state index contributed by atoms with van der Waals surface area (Å²) in [6.07, 6.45) is 0.868. The molecule has 0 aliphatic heterocycles. The van der Waals surface area contributed by atoms with Gasteiger partial charge in [0.2, 0.25) is 0 Å². The minimum atomic E-state index is -0.0208. The van der Waals surface area contributed by atoms with E-state index in [-0.39, 0.29) is 5.91 Å². The van der Waals surface area contributed by atoms with Crippen LogP contribution >= 0.6 is 11.3 Å². The molecule has 1 aromatic heterocycles. The average Bonchev–Trinajstić information content (AvgIpc) is 3.04. The molecule has 4 nitrogen and oxygen atoms in total. The summed E-state index contributed by atoms with van der Waals surface area (Å²) in [5.41, 5.74) is 0.598. The standard InChI is InChI=1S/C16H19NO3S/c1-17(9-8-13-5-4-10-21-13)16(18)12-6-7-14(19-2)15(11-12)20-3/h4-7,10-11H,8-9H2,1-3H3. The molecule has 0 atom stereocenters. The summed E-state index contributed by atoms with van der Waals surface area (Å²) in [6.45, 7) is 0.688. The lowest BCUT2D eigenvalue weighted by Gasteiger charge is -2.17. The molecule has 2 rings (SSSR count). The van der Waals surface area contributed by atoms with Gasteiger partial charge in [0.1, 0.15) is 0 Å². The van der Waals surface area contributed by atoms with Gasteiger partial charge >= 0.3 is 0 Å². The van der Waals surface area contributed by atoms with Crippen LogP contribution in [0.5, 0.6) is 11.5 Å². The number of thiophene rings is 1. The van der Waals surface area contributed by atoms with E-state index in [1.54, 1.807) is 48.7 Å². The number of amides is 1. The molecular formula is C16H19NO3S. The number of carbonyl (C=O) groups excluding carboxylic acids is 1. The first-order chi connectivity index (χ1) is 10.2. The number of carbonyl (C=O) groups is 1. The van der Waals surface area contributed by atoms with Gasteiger partial charge in [0.05, 0.1) is 14.2 Å². The van der Waals surface area contributed by atoms with Gasteiger partial charge in [0.25, 0.3) is 5.91 Å². The smallest absolute Gasteiger partial charge is 0.253 e. The normalized spacial score (nSPS) is 10.2. The molecule has 0 saturated heterocycles. The number of benzene rings is 1. The Labute approximate surface area is 128 Å². The van der Waals surface area contributed by atoms with E-state index in [2.05, 4.69) is 6.07 Å². The van der Waals surface area contributed by atoms with E-state index in [4.69, 9.17) is 9.47 Å². The van der Waals surface area contributed by atoms with Gasteiger partial charge in [-0.25, -0.2) is 0 Å². The fourth-order valence-electron chi connectivity index (χ4n) is 2.02. The zero-order chi connectivity index (χ0) is 15.2. The maximum Gasteiger partial charge on any atom is 0.253 e. The van der Waals surface area contributed by atoms with Crippen molar-refractivity contribution in [2.45, 2.75) is 6.42 Å². The third kappa shape index (κ3) is 3.76. The van der Waals surface area contributed by atoms with Crippen molar-refractivity contribution in [2.75, 3.05) is 27.8 Å². The highest BCUT2D eigenvalue weighted by Gasteiger charge is 2.14. The number of nitrogens with zero attached hydrogens (tertiary/aromatic N) is 1. The Balaban J connectivity index is 2.04. The molecule has 1 amide bonds. The van der Waals surface area contributed by atoms with Crippen LogP contribution in [-0.4, -0.2) is 38.6 Å². The number of hydrogen-bond donors (Lipinski definition) is 0. The number of hydrogen-bond acceptors (Lipinski definition) is 4. The minimum Gasteiger partial charge on any atom is -0.493 e. The van der Waals surface area contributed by atoms with E-state index in [1.165, 1.54) is 4.88 Å². The zero-order valence-electron chi connectivity index (χ0n) is 12.5. The molecule has 0 unspecified atom stereocenters. The van der Waals surface area contributed by atoms with Crippen molar-refractivity contribution in [2.24, 2.45) is 0 Å². The Bertz CT molecular complexity index is 596. The molecule has 112 valence electrons.